The number of hydrogen-bond acceptors (Lipinski definition) is 3. The summed E-state index contributed by atoms with van der Waals surface area (Å²) in [5.74, 6) is -3.61. The Morgan fingerprint density at radius 2 is 2.06 bits per heavy atom. The minimum absolute atomic E-state index is 0.0436. The van der Waals surface area contributed by atoms with Crippen LogP contribution in [-0.4, -0.2) is 42.2 Å². The molecule has 1 saturated heterocycles. The van der Waals surface area contributed by atoms with Crippen molar-refractivity contribution in [1.82, 2.24) is 4.90 Å². The molecule has 0 aromatic heterocycles. The van der Waals surface area contributed by atoms with Gasteiger partial charge in [0.05, 0.1) is 0 Å². The predicted octanol–water partition coefficient (Wildman–Crippen LogP) is 2.23. The quantitative estimate of drug-likeness (QED) is 0.850. The maximum atomic E-state index is 13.6. The summed E-state index contributed by atoms with van der Waals surface area (Å²) < 4.78 is 32.5. The molecule has 6 heteroatoms. The van der Waals surface area contributed by atoms with Crippen molar-refractivity contribution in [3.05, 3.63) is 0 Å². The van der Waals surface area contributed by atoms with Crippen LogP contribution in [0.15, 0.2) is 0 Å². The number of ether oxygens (including phenoxy) is 1. The normalized spacial score (nSPS) is 21.2. The summed E-state index contributed by atoms with van der Waals surface area (Å²) in [6.45, 7) is 5.57. The highest BCUT2D eigenvalue weighted by Gasteiger charge is 2.44. The average Bonchev–Trinajstić information content (AvgIpc) is 2.63. The first-order valence-corrected chi connectivity index (χ1v) is 6.21. The molecular formula is C12H22F2N2O2. The molecule has 0 spiro atoms. The van der Waals surface area contributed by atoms with Crippen LogP contribution in [0.3, 0.4) is 0 Å². The standard InChI is InChI=1S/C12H22F2N2O2/c1-11(2,3)18-10(17)16-7-4-9(8-16)12(13,14)5-6-15/h9H,4-8,15H2,1-3H3. The lowest BCUT2D eigenvalue weighted by atomic mass is 9.98. The summed E-state index contributed by atoms with van der Waals surface area (Å²) in [5, 5.41) is 0. The van der Waals surface area contributed by atoms with E-state index in [0.29, 0.717) is 13.0 Å². The number of likely N-dealkylation sites (tertiary alicyclic amines) is 1. The first-order chi connectivity index (χ1) is 8.15. The molecule has 1 fully saturated rings. The van der Waals surface area contributed by atoms with E-state index in [0.717, 1.165) is 0 Å². The number of halogens is 2. The second-order valence-corrected chi connectivity index (χ2v) is 5.71. The van der Waals surface area contributed by atoms with Crippen LogP contribution in [-0.2, 0) is 4.74 Å². The highest BCUT2D eigenvalue weighted by molar-refractivity contribution is 5.68. The molecule has 0 aromatic carbocycles. The minimum atomic E-state index is -2.80. The second kappa shape index (κ2) is 5.38. The fourth-order valence-corrected chi connectivity index (χ4v) is 1.99. The molecule has 106 valence electrons. The number of carbonyl (C=O) groups is 1. The molecule has 18 heavy (non-hydrogen) atoms. The van der Waals surface area contributed by atoms with Gasteiger partial charge in [0.15, 0.2) is 0 Å². The van der Waals surface area contributed by atoms with Crippen LogP contribution in [0.5, 0.6) is 0 Å². The molecule has 0 aliphatic carbocycles. The number of nitrogens with zero attached hydrogens (tertiary/aromatic N) is 1. The topological polar surface area (TPSA) is 55.6 Å². The molecule has 0 aromatic rings. The molecule has 1 aliphatic heterocycles. The molecule has 1 rings (SSSR count). The Labute approximate surface area is 106 Å². The second-order valence-electron chi connectivity index (χ2n) is 5.71. The van der Waals surface area contributed by atoms with E-state index in [2.05, 4.69) is 0 Å². The van der Waals surface area contributed by atoms with Crippen molar-refractivity contribution in [3.63, 3.8) is 0 Å². The van der Waals surface area contributed by atoms with E-state index in [1.54, 1.807) is 20.8 Å². The van der Waals surface area contributed by atoms with Gasteiger partial charge in [-0.05, 0) is 33.7 Å². The first-order valence-electron chi connectivity index (χ1n) is 6.21. The highest BCUT2D eigenvalue weighted by Crippen LogP contribution is 2.35. The maximum absolute atomic E-state index is 13.6. The molecule has 1 heterocycles. The van der Waals surface area contributed by atoms with Crippen molar-refractivity contribution in [2.45, 2.75) is 45.1 Å². The van der Waals surface area contributed by atoms with Gasteiger partial charge in [0.2, 0.25) is 0 Å². The van der Waals surface area contributed by atoms with Crippen LogP contribution in [0.4, 0.5) is 13.6 Å². The molecule has 2 N–H and O–H groups in total. The van der Waals surface area contributed by atoms with Gasteiger partial charge in [-0.1, -0.05) is 0 Å². The molecule has 0 radical (unpaired) electrons. The van der Waals surface area contributed by atoms with E-state index >= 15 is 0 Å². The zero-order valence-corrected chi connectivity index (χ0v) is 11.2. The summed E-state index contributed by atoms with van der Waals surface area (Å²) in [6.07, 6.45) is -0.556. The zero-order chi connectivity index (χ0) is 14.0. The van der Waals surface area contributed by atoms with Crippen molar-refractivity contribution in [2.24, 2.45) is 11.7 Å². The highest BCUT2D eigenvalue weighted by atomic mass is 19.3. The maximum Gasteiger partial charge on any atom is 0.410 e. The van der Waals surface area contributed by atoms with Crippen LogP contribution >= 0.6 is 0 Å². The van der Waals surface area contributed by atoms with Crippen molar-refractivity contribution < 1.29 is 18.3 Å². The molecular weight excluding hydrogens is 242 g/mol. The number of nitrogens with two attached hydrogens (primary N) is 1. The summed E-state index contributed by atoms with van der Waals surface area (Å²) in [6, 6.07) is 0. The van der Waals surface area contributed by atoms with Crippen LogP contribution in [0.2, 0.25) is 0 Å². The Balaban J connectivity index is 2.53. The van der Waals surface area contributed by atoms with E-state index in [1.165, 1.54) is 4.90 Å². The number of rotatable bonds is 3. The van der Waals surface area contributed by atoms with Crippen LogP contribution in [0.25, 0.3) is 0 Å². The smallest absolute Gasteiger partial charge is 0.410 e. The van der Waals surface area contributed by atoms with Gasteiger partial charge >= 0.3 is 6.09 Å². The summed E-state index contributed by atoms with van der Waals surface area (Å²) in [5.41, 5.74) is 4.57. The van der Waals surface area contributed by atoms with Crippen molar-refractivity contribution >= 4 is 6.09 Å². The average molecular weight is 264 g/mol. The van der Waals surface area contributed by atoms with Gasteiger partial charge in [-0.25, -0.2) is 13.6 Å². The predicted molar refractivity (Wildman–Crippen MR) is 64.5 cm³/mol. The van der Waals surface area contributed by atoms with Gasteiger partial charge in [0, 0.05) is 25.4 Å². The molecule has 1 atom stereocenters. The third-order valence-electron chi connectivity index (χ3n) is 2.91. The number of alkyl halides is 2. The largest absolute Gasteiger partial charge is 0.444 e. The van der Waals surface area contributed by atoms with Gasteiger partial charge in [0.25, 0.3) is 5.92 Å². The summed E-state index contributed by atoms with van der Waals surface area (Å²) in [4.78, 5) is 13.1. The third-order valence-corrected chi connectivity index (χ3v) is 2.91. The summed E-state index contributed by atoms with van der Waals surface area (Å²) in [7, 11) is 0. The number of carbonyl (C=O) groups excluding carboxylic acids is 1. The minimum Gasteiger partial charge on any atom is -0.444 e. The van der Waals surface area contributed by atoms with Crippen LogP contribution in [0, 0.1) is 5.92 Å². The molecule has 0 saturated carbocycles. The lowest BCUT2D eigenvalue weighted by Gasteiger charge is -2.26. The van der Waals surface area contributed by atoms with E-state index in [1.807, 2.05) is 0 Å². The molecule has 0 bridgehead atoms. The molecule has 1 amide bonds. The van der Waals surface area contributed by atoms with Gasteiger partial charge < -0.3 is 15.4 Å². The van der Waals surface area contributed by atoms with Crippen molar-refractivity contribution in [3.8, 4) is 0 Å². The number of amides is 1. The zero-order valence-electron chi connectivity index (χ0n) is 11.2. The monoisotopic (exact) mass is 264 g/mol. The van der Waals surface area contributed by atoms with E-state index < -0.39 is 23.5 Å². The Morgan fingerprint density at radius 3 is 2.56 bits per heavy atom. The fourth-order valence-electron chi connectivity index (χ4n) is 1.99. The lowest BCUT2D eigenvalue weighted by molar-refractivity contribution is -0.0591. The molecule has 4 nitrogen and oxygen atoms in total. The van der Waals surface area contributed by atoms with Gasteiger partial charge in [-0.2, -0.15) is 0 Å². The Morgan fingerprint density at radius 1 is 1.44 bits per heavy atom. The van der Waals surface area contributed by atoms with Crippen molar-refractivity contribution in [1.29, 1.82) is 0 Å². The van der Waals surface area contributed by atoms with Crippen molar-refractivity contribution in [2.75, 3.05) is 19.6 Å². The third kappa shape index (κ3) is 4.08. The Kier molecular flexibility index (Phi) is 4.53. The first kappa shape index (κ1) is 15.1. The number of hydrogen-bond donors (Lipinski definition) is 1. The summed E-state index contributed by atoms with van der Waals surface area (Å²) >= 11 is 0. The van der Waals surface area contributed by atoms with Gasteiger partial charge in [0.1, 0.15) is 5.60 Å². The Hall–Kier alpha value is -0.910. The van der Waals surface area contributed by atoms with E-state index in [9.17, 15) is 13.6 Å². The van der Waals surface area contributed by atoms with E-state index in [4.69, 9.17) is 10.5 Å². The Bertz CT molecular complexity index is 303. The van der Waals surface area contributed by atoms with E-state index in [-0.39, 0.29) is 19.5 Å². The lowest BCUT2D eigenvalue weighted by Crippen LogP contribution is -2.38. The SMILES string of the molecule is CC(C)(C)OC(=O)N1CCC(C(F)(F)CCN)C1. The molecule has 1 unspecified atom stereocenters. The van der Waals surface area contributed by atoms with Gasteiger partial charge in [-0.15, -0.1) is 0 Å². The van der Waals surface area contributed by atoms with Crippen LogP contribution < -0.4 is 5.73 Å². The van der Waals surface area contributed by atoms with Gasteiger partial charge in [-0.3, -0.25) is 0 Å². The fraction of sp³-hybridized carbons (Fsp3) is 0.917. The molecule has 1 aliphatic rings. The van der Waals surface area contributed by atoms with Crippen LogP contribution in [0.1, 0.15) is 33.6 Å².